The van der Waals surface area contributed by atoms with Crippen LogP contribution in [0.2, 0.25) is 0 Å². The number of non-ortho nitro benzene ring substituents is 1. The number of nitrogens with two attached hydrogens (primary N) is 1. The number of anilines is 1. The topological polar surface area (TPSA) is 107 Å². The number of carbonyl (C=O) groups excluding carboxylic acids is 2. The second-order valence-electron chi connectivity index (χ2n) is 5.20. The van der Waals surface area contributed by atoms with Crippen molar-refractivity contribution in [2.75, 3.05) is 18.0 Å². The van der Waals surface area contributed by atoms with E-state index < -0.39 is 4.92 Å². The van der Waals surface area contributed by atoms with Crippen molar-refractivity contribution in [2.24, 2.45) is 11.7 Å². The molecule has 7 nitrogen and oxygen atoms in total. The SMILES string of the molecule is CC(=O)c1cc([N+](=O)[O-])ccc1N1CCCC(C(N)=O)C1. The zero-order valence-electron chi connectivity index (χ0n) is 11.7. The van der Waals surface area contributed by atoms with Gasteiger partial charge in [-0.3, -0.25) is 19.7 Å². The van der Waals surface area contributed by atoms with Crippen LogP contribution in [0.15, 0.2) is 18.2 Å². The van der Waals surface area contributed by atoms with E-state index in [2.05, 4.69) is 0 Å². The van der Waals surface area contributed by atoms with Gasteiger partial charge in [-0.15, -0.1) is 0 Å². The fourth-order valence-corrected chi connectivity index (χ4v) is 2.62. The van der Waals surface area contributed by atoms with Gasteiger partial charge in [-0.1, -0.05) is 0 Å². The molecule has 2 rings (SSSR count). The number of nitro benzene ring substituents is 1. The highest BCUT2D eigenvalue weighted by Gasteiger charge is 2.26. The summed E-state index contributed by atoms with van der Waals surface area (Å²) in [5, 5.41) is 10.8. The van der Waals surface area contributed by atoms with Crippen LogP contribution in [-0.2, 0) is 4.79 Å². The highest BCUT2D eigenvalue weighted by Crippen LogP contribution is 2.29. The first kappa shape index (κ1) is 15.0. The van der Waals surface area contributed by atoms with Gasteiger partial charge >= 0.3 is 0 Å². The fourth-order valence-electron chi connectivity index (χ4n) is 2.62. The van der Waals surface area contributed by atoms with E-state index >= 15 is 0 Å². The van der Waals surface area contributed by atoms with E-state index in [0.29, 0.717) is 24.3 Å². The highest BCUT2D eigenvalue weighted by molar-refractivity contribution is 6.00. The van der Waals surface area contributed by atoms with Gasteiger partial charge in [0.1, 0.15) is 0 Å². The number of nitrogens with zero attached hydrogens (tertiary/aromatic N) is 2. The van der Waals surface area contributed by atoms with Crippen LogP contribution in [0.4, 0.5) is 11.4 Å². The summed E-state index contributed by atoms with van der Waals surface area (Å²) in [5.74, 6) is -0.852. The molecule has 0 spiro atoms. The molecule has 1 saturated heterocycles. The van der Waals surface area contributed by atoms with Gasteiger partial charge in [-0.25, -0.2) is 0 Å². The van der Waals surface area contributed by atoms with Gasteiger partial charge in [-0.05, 0) is 25.8 Å². The quantitative estimate of drug-likeness (QED) is 0.514. The van der Waals surface area contributed by atoms with Crippen molar-refractivity contribution in [2.45, 2.75) is 19.8 Å². The number of ketones is 1. The summed E-state index contributed by atoms with van der Waals surface area (Å²) >= 11 is 0. The highest BCUT2D eigenvalue weighted by atomic mass is 16.6. The van der Waals surface area contributed by atoms with Crippen LogP contribution in [0.25, 0.3) is 0 Å². The predicted octanol–water partition coefficient (Wildman–Crippen LogP) is 1.50. The molecule has 0 aromatic heterocycles. The number of primary amides is 1. The lowest BCUT2D eigenvalue weighted by Gasteiger charge is -2.33. The Kier molecular flexibility index (Phi) is 4.21. The molecule has 1 aliphatic rings. The van der Waals surface area contributed by atoms with E-state index in [9.17, 15) is 19.7 Å². The number of piperidine rings is 1. The first-order valence-electron chi connectivity index (χ1n) is 6.73. The summed E-state index contributed by atoms with van der Waals surface area (Å²) in [6, 6.07) is 4.22. The molecule has 2 N–H and O–H groups in total. The Morgan fingerprint density at radius 3 is 2.71 bits per heavy atom. The van der Waals surface area contributed by atoms with Gasteiger partial charge in [0.25, 0.3) is 5.69 Å². The van der Waals surface area contributed by atoms with Gasteiger partial charge in [0.05, 0.1) is 10.8 Å². The van der Waals surface area contributed by atoms with E-state index in [-0.39, 0.29) is 23.3 Å². The number of amides is 1. The van der Waals surface area contributed by atoms with Crippen LogP contribution in [0.1, 0.15) is 30.1 Å². The first-order valence-corrected chi connectivity index (χ1v) is 6.73. The third kappa shape index (κ3) is 3.18. The third-order valence-electron chi connectivity index (χ3n) is 3.73. The maximum atomic E-state index is 11.8. The number of nitro groups is 1. The lowest BCUT2D eigenvalue weighted by molar-refractivity contribution is -0.384. The van der Waals surface area contributed by atoms with Gasteiger partial charge in [0.2, 0.25) is 5.91 Å². The minimum Gasteiger partial charge on any atom is -0.370 e. The Morgan fingerprint density at radius 2 is 2.14 bits per heavy atom. The second-order valence-corrected chi connectivity index (χ2v) is 5.20. The third-order valence-corrected chi connectivity index (χ3v) is 3.73. The average Bonchev–Trinajstić information content (AvgIpc) is 2.46. The molecule has 1 aromatic rings. The van der Waals surface area contributed by atoms with Gasteiger partial charge in [0, 0.05) is 36.5 Å². The maximum absolute atomic E-state index is 11.8. The molecule has 1 aromatic carbocycles. The molecule has 0 radical (unpaired) electrons. The van der Waals surface area contributed by atoms with Crippen LogP contribution >= 0.6 is 0 Å². The van der Waals surface area contributed by atoms with E-state index in [1.54, 1.807) is 6.07 Å². The van der Waals surface area contributed by atoms with E-state index in [0.717, 1.165) is 12.8 Å². The van der Waals surface area contributed by atoms with Crippen molar-refractivity contribution < 1.29 is 14.5 Å². The molecule has 1 unspecified atom stereocenters. The maximum Gasteiger partial charge on any atom is 0.270 e. The molecule has 1 amide bonds. The van der Waals surface area contributed by atoms with Crippen molar-refractivity contribution in [1.82, 2.24) is 0 Å². The van der Waals surface area contributed by atoms with Crippen LogP contribution < -0.4 is 10.6 Å². The lowest BCUT2D eigenvalue weighted by Crippen LogP contribution is -2.41. The zero-order chi connectivity index (χ0) is 15.6. The van der Waals surface area contributed by atoms with Crippen molar-refractivity contribution in [1.29, 1.82) is 0 Å². The number of rotatable bonds is 4. The number of hydrogen-bond acceptors (Lipinski definition) is 5. The molecule has 1 atom stereocenters. The second kappa shape index (κ2) is 5.90. The molecule has 1 fully saturated rings. The van der Waals surface area contributed by atoms with Crippen molar-refractivity contribution in [3.05, 3.63) is 33.9 Å². The first-order chi connectivity index (χ1) is 9.90. The smallest absolute Gasteiger partial charge is 0.270 e. The summed E-state index contributed by atoms with van der Waals surface area (Å²) in [6.07, 6.45) is 1.52. The Hall–Kier alpha value is -2.44. The average molecular weight is 291 g/mol. The van der Waals surface area contributed by atoms with Crippen LogP contribution in [-0.4, -0.2) is 29.7 Å². The number of hydrogen-bond donors (Lipinski definition) is 1. The number of carbonyl (C=O) groups is 2. The molecule has 112 valence electrons. The zero-order valence-corrected chi connectivity index (χ0v) is 11.7. The molecule has 1 aliphatic heterocycles. The summed E-state index contributed by atoms with van der Waals surface area (Å²) in [7, 11) is 0. The van der Waals surface area contributed by atoms with E-state index in [1.807, 2.05) is 4.90 Å². The summed E-state index contributed by atoms with van der Waals surface area (Å²) < 4.78 is 0. The summed E-state index contributed by atoms with van der Waals surface area (Å²) in [6.45, 7) is 2.51. The minimum absolute atomic E-state index is 0.118. The van der Waals surface area contributed by atoms with E-state index in [1.165, 1.54) is 19.1 Å². The van der Waals surface area contributed by atoms with Crippen molar-refractivity contribution in [3.63, 3.8) is 0 Å². The Balaban J connectivity index is 2.36. The largest absolute Gasteiger partial charge is 0.370 e. The molecule has 7 heteroatoms. The molecule has 1 heterocycles. The predicted molar refractivity (Wildman–Crippen MR) is 77.2 cm³/mol. The molecule has 0 bridgehead atoms. The van der Waals surface area contributed by atoms with Crippen LogP contribution in [0.5, 0.6) is 0 Å². The Bertz CT molecular complexity index is 600. The molecule has 21 heavy (non-hydrogen) atoms. The van der Waals surface area contributed by atoms with E-state index in [4.69, 9.17) is 5.73 Å². The standard InChI is InChI=1S/C14H17N3O4/c1-9(18)12-7-11(17(20)21)4-5-13(12)16-6-2-3-10(8-16)14(15)19/h4-5,7,10H,2-3,6,8H2,1H3,(H2,15,19). The normalized spacial score (nSPS) is 18.3. The summed E-state index contributed by atoms with van der Waals surface area (Å²) in [5.41, 5.74) is 6.15. The van der Waals surface area contributed by atoms with Crippen LogP contribution in [0, 0.1) is 16.0 Å². The van der Waals surface area contributed by atoms with Crippen LogP contribution in [0.3, 0.4) is 0 Å². The van der Waals surface area contributed by atoms with Crippen molar-refractivity contribution >= 4 is 23.1 Å². The molecule has 0 aliphatic carbocycles. The lowest BCUT2D eigenvalue weighted by atomic mass is 9.96. The minimum atomic E-state index is -0.529. The Labute approximate surface area is 121 Å². The number of Topliss-reactive ketones (excluding diaryl/α,β-unsaturated/α-hetero) is 1. The van der Waals surface area contributed by atoms with Gasteiger partial charge in [-0.2, -0.15) is 0 Å². The van der Waals surface area contributed by atoms with Crippen molar-refractivity contribution in [3.8, 4) is 0 Å². The number of benzene rings is 1. The fraction of sp³-hybridized carbons (Fsp3) is 0.429. The summed E-state index contributed by atoms with van der Waals surface area (Å²) in [4.78, 5) is 35.3. The molecule has 0 saturated carbocycles. The molecular weight excluding hydrogens is 274 g/mol. The van der Waals surface area contributed by atoms with Gasteiger partial charge < -0.3 is 10.6 Å². The molecular formula is C14H17N3O4. The Morgan fingerprint density at radius 1 is 1.43 bits per heavy atom. The van der Waals surface area contributed by atoms with Gasteiger partial charge in [0.15, 0.2) is 5.78 Å². The monoisotopic (exact) mass is 291 g/mol.